The average molecular weight is 550 g/mol. The van der Waals surface area contributed by atoms with Crippen LogP contribution in [0.15, 0.2) is 33.6 Å². The Labute approximate surface area is 213 Å². The minimum absolute atomic E-state index is 0.161. The highest BCUT2D eigenvalue weighted by Crippen LogP contribution is 2.32. The van der Waals surface area contributed by atoms with Crippen molar-refractivity contribution in [3.8, 4) is 0 Å². The summed E-state index contributed by atoms with van der Waals surface area (Å²) in [5.74, 6) is -0.289. The van der Waals surface area contributed by atoms with Crippen molar-refractivity contribution in [2.24, 2.45) is 0 Å². The first kappa shape index (κ1) is 26.9. The summed E-state index contributed by atoms with van der Waals surface area (Å²) < 4.78 is 30.5. The minimum atomic E-state index is -3.84. The smallest absolute Gasteiger partial charge is 0.244 e. The number of amides is 1. The number of carbonyl (C=O) groups excluding carboxylic acids is 1. The maximum absolute atomic E-state index is 14.0. The molecule has 2 aromatic carbocycles. The second-order valence-corrected chi connectivity index (χ2v) is 12.2. The lowest BCUT2D eigenvalue weighted by molar-refractivity contribution is -0.116. The molecule has 0 radical (unpaired) electrons. The largest absolute Gasteiger partial charge is 0.324 e. The highest BCUT2D eigenvalue weighted by Gasteiger charge is 2.36. The van der Waals surface area contributed by atoms with Gasteiger partial charge in [-0.15, -0.1) is 0 Å². The predicted molar refractivity (Wildman–Crippen MR) is 143 cm³/mol. The van der Waals surface area contributed by atoms with Crippen LogP contribution < -0.4 is 5.32 Å². The fourth-order valence-corrected chi connectivity index (χ4v) is 7.84. The van der Waals surface area contributed by atoms with Crippen molar-refractivity contribution in [2.45, 2.75) is 90.5 Å². The molecule has 0 aliphatic heterocycles. The molecule has 1 N–H and O–H groups in total. The van der Waals surface area contributed by atoms with Gasteiger partial charge in [0, 0.05) is 16.2 Å². The number of nitrogens with zero attached hydrogens (tertiary/aromatic N) is 1. The van der Waals surface area contributed by atoms with Crippen LogP contribution in [0.1, 0.15) is 73.8 Å². The molecule has 1 saturated carbocycles. The van der Waals surface area contributed by atoms with Gasteiger partial charge in [0.1, 0.15) is 0 Å². The number of carbonyl (C=O) groups is 1. The molecule has 1 aliphatic carbocycles. The lowest BCUT2D eigenvalue weighted by Crippen LogP contribution is -2.46. The van der Waals surface area contributed by atoms with Crippen molar-refractivity contribution >= 4 is 37.5 Å². The zero-order chi connectivity index (χ0) is 25.0. The van der Waals surface area contributed by atoms with E-state index in [0.29, 0.717) is 4.90 Å². The second-order valence-electron chi connectivity index (χ2n) is 9.42. The lowest BCUT2D eigenvalue weighted by atomic mass is 9.95. The molecule has 3 rings (SSSR count). The van der Waals surface area contributed by atoms with Gasteiger partial charge in [0.25, 0.3) is 0 Å². The molecule has 1 amide bonds. The monoisotopic (exact) mass is 548 g/mol. The van der Waals surface area contributed by atoms with Crippen LogP contribution >= 0.6 is 15.9 Å². The van der Waals surface area contributed by atoms with Crippen molar-refractivity contribution in [1.29, 1.82) is 0 Å². The summed E-state index contributed by atoms with van der Waals surface area (Å²) in [6.45, 7) is 9.58. The van der Waals surface area contributed by atoms with E-state index < -0.39 is 10.0 Å². The van der Waals surface area contributed by atoms with E-state index in [1.54, 1.807) is 0 Å². The van der Waals surface area contributed by atoms with E-state index in [-0.39, 0.29) is 18.5 Å². The average Bonchev–Trinajstić information content (AvgIpc) is 2.77. The summed E-state index contributed by atoms with van der Waals surface area (Å²) in [4.78, 5) is 13.7. The van der Waals surface area contributed by atoms with Crippen LogP contribution in [0.4, 0.5) is 5.69 Å². The standard InChI is InChI=1S/C27H37BrN2O3S/c1-6-21-15-23(28)16-22(7-2)26(21)29-25(31)17-30(24-11-9-8-10-12-24)34(32,33)27-19(4)13-18(3)14-20(27)5/h13-16,24H,6-12,17H2,1-5H3,(H,29,31). The minimum Gasteiger partial charge on any atom is -0.324 e. The van der Waals surface area contributed by atoms with Crippen LogP contribution in [0.5, 0.6) is 0 Å². The fourth-order valence-electron chi connectivity index (χ4n) is 5.23. The molecule has 0 heterocycles. The number of rotatable bonds is 8. The highest BCUT2D eigenvalue weighted by molar-refractivity contribution is 9.10. The molecular formula is C27H37BrN2O3S. The maximum atomic E-state index is 14.0. The zero-order valence-electron chi connectivity index (χ0n) is 21.0. The van der Waals surface area contributed by atoms with Gasteiger partial charge in [-0.3, -0.25) is 4.79 Å². The lowest BCUT2D eigenvalue weighted by Gasteiger charge is -2.34. The Balaban J connectivity index is 1.98. The van der Waals surface area contributed by atoms with Gasteiger partial charge in [0.05, 0.1) is 11.4 Å². The molecule has 1 aliphatic rings. The molecule has 0 spiro atoms. The first-order chi connectivity index (χ1) is 16.1. The number of sulfonamides is 1. The molecule has 5 nitrogen and oxygen atoms in total. The third-order valence-electron chi connectivity index (χ3n) is 6.75. The van der Waals surface area contributed by atoms with Gasteiger partial charge in [-0.1, -0.05) is 66.7 Å². The van der Waals surface area contributed by atoms with E-state index in [0.717, 1.165) is 82.9 Å². The number of aryl methyl sites for hydroxylation is 5. The van der Waals surface area contributed by atoms with E-state index in [2.05, 4.69) is 35.1 Å². The predicted octanol–water partition coefficient (Wildman–Crippen LogP) is 6.46. The zero-order valence-corrected chi connectivity index (χ0v) is 23.4. The summed E-state index contributed by atoms with van der Waals surface area (Å²) >= 11 is 3.56. The van der Waals surface area contributed by atoms with E-state index in [4.69, 9.17) is 0 Å². The van der Waals surface area contributed by atoms with Gasteiger partial charge in [0.2, 0.25) is 15.9 Å². The van der Waals surface area contributed by atoms with Crippen molar-refractivity contribution in [3.63, 3.8) is 0 Å². The third kappa shape index (κ3) is 5.92. The molecule has 7 heteroatoms. The van der Waals surface area contributed by atoms with Crippen LogP contribution in [0, 0.1) is 20.8 Å². The van der Waals surface area contributed by atoms with Crippen molar-refractivity contribution in [3.05, 3.63) is 56.6 Å². The van der Waals surface area contributed by atoms with Crippen LogP contribution in [-0.2, 0) is 27.7 Å². The van der Waals surface area contributed by atoms with Crippen LogP contribution in [-0.4, -0.2) is 31.2 Å². The van der Waals surface area contributed by atoms with E-state index in [1.165, 1.54) is 4.31 Å². The number of anilines is 1. The normalized spacial score (nSPS) is 15.0. The van der Waals surface area contributed by atoms with Gasteiger partial charge in [-0.25, -0.2) is 8.42 Å². The Morgan fingerprint density at radius 2 is 1.50 bits per heavy atom. The third-order valence-corrected chi connectivity index (χ3v) is 9.41. The molecule has 0 unspecified atom stereocenters. The summed E-state index contributed by atoms with van der Waals surface area (Å²) in [5, 5.41) is 3.07. The molecule has 0 saturated heterocycles. The Morgan fingerprint density at radius 3 is 2.00 bits per heavy atom. The van der Waals surface area contributed by atoms with E-state index in [9.17, 15) is 13.2 Å². The van der Waals surface area contributed by atoms with Crippen LogP contribution in [0.2, 0.25) is 0 Å². The van der Waals surface area contributed by atoms with Crippen molar-refractivity contribution in [1.82, 2.24) is 4.31 Å². The van der Waals surface area contributed by atoms with Crippen molar-refractivity contribution in [2.75, 3.05) is 11.9 Å². The van der Waals surface area contributed by atoms with E-state index in [1.807, 2.05) is 45.0 Å². The number of hydrogen-bond donors (Lipinski definition) is 1. The quantitative estimate of drug-likeness (QED) is 0.411. The summed E-state index contributed by atoms with van der Waals surface area (Å²) in [7, 11) is -3.84. The van der Waals surface area contributed by atoms with Crippen LogP contribution in [0.3, 0.4) is 0 Å². The Kier molecular flexibility index (Phi) is 8.98. The topological polar surface area (TPSA) is 66.5 Å². The Hall–Kier alpha value is -1.70. The molecule has 2 aromatic rings. The van der Waals surface area contributed by atoms with Gasteiger partial charge < -0.3 is 5.32 Å². The van der Waals surface area contributed by atoms with E-state index >= 15 is 0 Å². The van der Waals surface area contributed by atoms with Crippen LogP contribution in [0.25, 0.3) is 0 Å². The summed E-state index contributed by atoms with van der Waals surface area (Å²) in [5.41, 5.74) is 5.38. The fraction of sp³-hybridized carbons (Fsp3) is 0.519. The molecular weight excluding hydrogens is 512 g/mol. The first-order valence-electron chi connectivity index (χ1n) is 12.3. The highest BCUT2D eigenvalue weighted by atomic mass is 79.9. The second kappa shape index (κ2) is 11.4. The molecule has 34 heavy (non-hydrogen) atoms. The van der Waals surface area contributed by atoms with Gasteiger partial charge in [-0.05, 0) is 80.8 Å². The number of hydrogen-bond acceptors (Lipinski definition) is 3. The molecule has 0 atom stereocenters. The van der Waals surface area contributed by atoms with Gasteiger partial charge in [0.15, 0.2) is 0 Å². The van der Waals surface area contributed by atoms with Crippen molar-refractivity contribution < 1.29 is 13.2 Å². The Bertz CT molecular complexity index is 1110. The number of halogens is 1. The molecule has 0 aromatic heterocycles. The number of nitrogens with one attached hydrogen (secondary N) is 1. The molecule has 0 bridgehead atoms. The van der Waals surface area contributed by atoms with Gasteiger partial charge >= 0.3 is 0 Å². The Morgan fingerprint density at radius 1 is 0.971 bits per heavy atom. The summed E-state index contributed by atoms with van der Waals surface area (Å²) in [6, 6.07) is 7.68. The van der Waals surface area contributed by atoms with Gasteiger partial charge in [-0.2, -0.15) is 4.31 Å². The SMILES string of the molecule is CCc1cc(Br)cc(CC)c1NC(=O)CN(C1CCCCC1)S(=O)(=O)c1c(C)cc(C)cc1C. The summed E-state index contributed by atoms with van der Waals surface area (Å²) in [6.07, 6.45) is 6.19. The first-order valence-corrected chi connectivity index (χ1v) is 14.5. The molecule has 186 valence electrons. The maximum Gasteiger partial charge on any atom is 0.244 e. The molecule has 1 fully saturated rings. The number of benzene rings is 2.